The minimum atomic E-state index is -0.559. The van der Waals surface area contributed by atoms with E-state index in [1.54, 1.807) is 42.5 Å². The average molecular weight is 366 g/mol. The van der Waals surface area contributed by atoms with E-state index in [4.69, 9.17) is 9.47 Å². The second kappa shape index (κ2) is 7.82. The van der Waals surface area contributed by atoms with E-state index in [1.165, 1.54) is 13.0 Å². The van der Waals surface area contributed by atoms with Crippen LogP contribution in [0.3, 0.4) is 0 Å². The number of ether oxygens (including phenoxy) is 2. The molecule has 3 rings (SSSR count). The van der Waals surface area contributed by atoms with Gasteiger partial charge in [0.1, 0.15) is 17.9 Å². The first-order chi connectivity index (χ1) is 13.0. The van der Waals surface area contributed by atoms with E-state index in [1.807, 2.05) is 6.92 Å². The number of hydrogen-bond acceptors (Lipinski definition) is 6. The minimum Gasteiger partial charge on any atom is -0.618 e. The lowest BCUT2D eigenvalue weighted by Crippen LogP contribution is -2.37. The smallest absolute Gasteiger partial charge is 0.338 e. The molecular formula is C20H18N2O5. The third-order valence-electron chi connectivity index (χ3n) is 3.89. The van der Waals surface area contributed by atoms with Crippen molar-refractivity contribution in [2.75, 3.05) is 6.61 Å². The third-order valence-corrected chi connectivity index (χ3v) is 3.89. The molecule has 0 N–H and O–H groups in total. The highest BCUT2D eigenvalue weighted by atomic mass is 16.5. The minimum absolute atomic E-state index is 0.110. The number of esters is 1. The molecule has 7 nitrogen and oxygen atoms in total. The average Bonchev–Trinajstić information content (AvgIpc) is 2.67. The second-order valence-corrected chi connectivity index (χ2v) is 5.78. The van der Waals surface area contributed by atoms with E-state index in [0.717, 1.165) is 0 Å². The summed E-state index contributed by atoms with van der Waals surface area (Å²) in [7, 11) is 0. The van der Waals surface area contributed by atoms with Gasteiger partial charge in [-0.2, -0.15) is 4.73 Å². The van der Waals surface area contributed by atoms with Crippen LogP contribution in [0.15, 0.2) is 48.5 Å². The van der Waals surface area contributed by atoms with Crippen LogP contribution in [0.5, 0.6) is 5.75 Å². The van der Waals surface area contributed by atoms with Crippen molar-refractivity contribution in [2.24, 2.45) is 0 Å². The number of ketones is 1. The van der Waals surface area contributed by atoms with Crippen LogP contribution in [0, 0.1) is 5.21 Å². The number of aromatic nitrogens is 2. The Kier molecular flexibility index (Phi) is 5.30. The third kappa shape index (κ3) is 3.87. The van der Waals surface area contributed by atoms with E-state index in [-0.39, 0.29) is 23.5 Å². The van der Waals surface area contributed by atoms with Crippen molar-refractivity contribution in [3.8, 4) is 5.75 Å². The lowest BCUT2D eigenvalue weighted by molar-refractivity contribution is -0.580. The summed E-state index contributed by atoms with van der Waals surface area (Å²) >= 11 is 0. The van der Waals surface area contributed by atoms with Crippen LogP contribution in [0.4, 0.5) is 0 Å². The number of fused-ring (bicyclic) bond motifs is 1. The highest BCUT2D eigenvalue weighted by molar-refractivity contribution is 5.93. The van der Waals surface area contributed by atoms with Gasteiger partial charge in [-0.1, -0.05) is 18.2 Å². The van der Waals surface area contributed by atoms with Gasteiger partial charge in [0.05, 0.1) is 18.2 Å². The van der Waals surface area contributed by atoms with Crippen molar-refractivity contribution < 1.29 is 23.8 Å². The molecule has 7 heteroatoms. The fourth-order valence-electron chi connectivity index (χ4n) is 2.69. The van der Waals surface area contributed by atoms with Crippen molar-refractivity contribution in [1.82, 2.24) is 4.98 Å². The summed E-state index contributed by atoms with van der Waals surface area (Å²) in [5, 5.41) is 12.7. The summed E-state index contributed by atoms with van der Waals surface area (Å²) in [6.45, 7) is 3.27. The Bertz CT molecular complexity index is 1000. The van der Waals surface area contributed by atoms with Gasteiger partial charge in [0, 0.05) is 6.92 Å². The molecular weight excluding hydrogens is 348 g/mol. The van der Waals surface area contributed by atoms with Gasteiger partial charge in [0.25, 0.3) is 5.69 Å². The van der Waals surface area contributed by atoms with E-state index in [0.29, 0.717) is 28.2 Å². The topological polar surface area (TPSA) is 92.4 Å². The molecule has 0 atom stereocenters. The van der Waals surface area contributed by atoms with E-state index >= 15 is 0 Å². The Morgan fingerprint density at radius 3 is 2.56 bits per heavy atom. The number of benzene rings is 2. The van der Waals surface area contributed by atoms with Gasteiger partial charge in [-0.25, -0.2) is 9.78 Å². The van der Waals surface area contributed by atoms with Crippen LogP contribution in [-0.4, -0.2) is 23.3 Å². The van der Waals surface area contributed by atoms with Gasteiger partial charge in [0.2, 0.25) is 11.3 Å². The maximum absolute atomic E-state index is 12.7. The number of hydrogen-bond donors (Lipinski definition) is 0. The Balaban J connectivity index is 1.96. The van der Waals surface area contributed by atoms with Gasteiger partial charge in [-0.05, 0) is 31.2 Å². The van der Waals surface area contributed by atoms with Gasteiger partial charge in [0.15, 0.2) is 5.69 Å². The Hall–Kier alpha value is -3.48. The van der Waals surface area contributed by atoms with Crippen molar-refractivity contribution >= 4 is 22.8 Å². The van der Waals surface area contributed by atoms with E-state index < -0.39 is 11.8 Å². The first-order valence-corrected chi connectivity index (χ1v) is 8.43. The van der Waals surface area contributed by atoms with E-state index in [2.05, 4.69) is 4.98 Å². The van der Waals surface area contributed by atoms with Crippen LogP contribution < -0.4 is 9.47 Å². The molecule has 0 radical (unpaired) electrons. The standard InChI is InChI=1S/C20H18N2O5/c1-3-26-15-9-10-16-18(11-15)22(25)19(13(2)23)17(21-16)12-27-20(24)14-7-5-4-6-8-14/h4-11H,3,12H2,1-2H3. The molecule has 27 heavy (non-hydrogen) atoms. The maximum Gasteiger partial charge on any atom is 0.338 e. The molecule has 0 unspecified atom stereocenters. The van der Waals surface area contributed by atoms with Crippen molar-refractivity contribution in [1.29, 1.82) is 0 Å². The second-order valence-electron chi connectivity index (χ2n) is 5.78. The van der Waals surface area contributed by atoms with Crippen LogP contribution in [-0.2, 0) is 11.3 Å². The van der Waals surface area contributed by atoms with Gasteiger partial charge < -0.3 is 14.7 Å². The quantitative estimate of drug-likeness (QED) is 0.288. The first-order valence-electron chi connectivity index (χ1n) is 8.43. The van der Waals surface area contributed by atoms with Crippen LogP contribution in [0.1, 0.15) is 40.4 Å². The summed E-state index contributed by atoms with van der Waals surface area (Å²) in [4.78, 5) is 28.5. The predicted molar refractivity (Wildman–Crippen MR) is 97.4 cm³/mol. The Labute approximate surface area is 155 Å². The number of nitrogens with zero attached hydrogens (tertiary/aromatic N) is 2. The van der Waals surface area contributed by atoms with Gasteiger partial charge >= 0.3 is 5.97 Å². The molecule has 1 heterocycles. The predicted octanol–water partition coefficient (Wildman–Crippen LogP) is 2.83. The van der Waals surface area contributed by atoms with Crippen molar-refractivity contribution in [2.45, 2.75) is 20.5 Å². The van der Waals surface area contributed by atoms with Crippen molar-refractivity contribution in [3.63, 3.8) is 0 Å². The molecule has 3 aromatic rings. The monoisotopic (exact) mass is 366 g/mol. The largest absolute Gasteiger partial charge is 0.618 e. The molecule has 0 amide bonds. The molecule has 0 aliphatic rings. The number of carbonyl (C=O) groups excluding carboxylic acids is 2. The molecule has 0 aliphatic heterocycles. The fraction of sp³-hybridized carbons (Fsp3) is 0.200. The maximum atomic E-state index is 12.7. The number of rotatable bonds is 6. The molecule has 0 fully saturated rings. The van der Waals surface area contributed by atoms with Gasteiger partial charge in [-0.15, -0.1) is 0 Å². The summed E-state index contributed by atoms with van der Waals surface area (Å²) in [6.07, 6.45) is 0. The molecule has 0 aliphatic carbocycles. The zero-order chi connectivity index (χ0) is 19.4. The molecule has 0 saturated carbocycles. The molecule has 1 aromatic heterocycles. The first kappa shape index (κ1) is 18.3. The molecule has 0 spiro atoms. The SMILES string of the molecule is CCOc1ccc2nc(COC(=O)c3ccccc3)c(C(C)=O)[n+]([O-])c2c1. The highest BCUT2D eigenvalue weighted by Gasteiger charge is 2.24. The molecule has 0 bridgehead atoms. The highest BCUT2D eigenvalue weighted by Crippen LogP contribution is 2.19. The Morgan fingerprint density at radius 1 is 1.15 bits per heavy atom. The molecule has 0 saturated heterocycles. The van der Waals surface area contributed by atoms with Crippen molar-refractivity contribution in [3.05, 3.63) is 70.7 Å². The Morgan fingerprint density at radius 2 is 1.89 bits per heavy atom. The normalized spacial score (nSPS) is 10.6. The van der Waals surface area contributed by atoms with Crippen LogP contribution in [0.2, 0.25) is 0 Å². The van der Waals surface area contributed by atoms with Crippen LogP contribution >= 0.6 is 0 Å². The van der Waals surface area contributed by atoms with Gasteiger partial charge in [-0.3, -0.25) is 4.79 Å². The lowest BCUT2D eigenvalue weighted by Gasteiger charge is -2.11. The zero-order valence-corrected chi connectivity index (χ0v) is 15.0. The fourth-order valence-corrected chi connectivity index (χ4v) is 2.69. The lowest BCUT2D eigenvalue weighted by atomic mass is 10.2. The summed E-state index contributed by atoms with van der Waals surface area (Å²) in [5.41, 5.74) is 0.919. The molecule has 138 valence electrons. The zero-order valence-electron chi connectivity index (χ0n) is 15.0. The number of Topliss-reactive ketones (excluding diaryl/α,β-unsaturated/α-hetero) is 1. The summed E-state index contributed by atoms with van der Waals surface area (Å²) in [6, 6.07) is 13.3. The molecule has 2 aromatic carbocycles. The van der Waals surface area contributed by atoms with E-state index in [9.17, 15) is 14.8 Å². The number of carbonyl (C=O) groups is 2. The summed E-state index contributed by atoms with van der Waals surface area (Å²) < 4.78 is 11.1. The van der Waals surface area contributed by atoms with Crippen LogP contribution in [0.25, 0.3) is 11.0 Å². The summed E-state index contributed by atoms with van der Waals surface area (Å²) in [5.74, 6) is -0.516.